The van der Waals surface area contributed by atoms with Gasteiger partial charge in [-0.25, -0.2) is 9.97 Å². The first kappa shape index (κ1) is 15.5. The summed E-state index contributed by atoms with van der Waals surface area (Å²) in [6.07, 6.45) is 0.728. The van der Waals surface area contributed by atoms with Crippen molar-refractivity contribution in [1.82, 2.24) is 9.97 Å². The molecule has 0 aliphatic heterocycles. The molecule has 106 valence electrons. The molecule has 0 saturated carbocycles. The molecular formula is C13H11Br2ClN2O2. The number of ether oxygens (including phenoxy) is 1. The van der Waals surface area contributed by atoms with Gasteiger partial charge < -0.3 is 9.84 Å². The van der Waals surface area contributed by atoms with Crippen molar-refractivity contribution < 1.29 is 9.84 Å². The summed E-state index contributed by atoms with van der Waals surface area (Å²) in [5.74, 6) is 0.860. The maximum Gasteiger partial charge on any atom is 0.172 e. The number of halogens is 3. The number of benzene rings is 1. The van der Waals surface area contributed by atoms with E-state index in [0.29, 0.717) is 31.2 Å². The first-order valence-electron chi connectivity index (χ1n) is 5.76. The van der Waals surface area contributed by atoms with Gasteiger partial charge in [0.2, 0.25) is 0 Å². The van der Waals surface area contributed by atoms with Crippen molar-refractivity contribution in [2.45, 2.75) is 13.3 Å². The van der Waals surface area contributed by atoms with Crippen LogP contribution >= 0.6 is 43.5 Å². The predicted octanol–water partition coefficient (Wildman–Crippen LogP) is 4.60. The normalized spacial score (nSPS) is 10.7. The van der Waals surface area contributed by atoms with E-state index in [0.717, 1.165) is 12.1 Å². The Balaban J connectivity index is 2.62. The monoisotopic (exact) mass is 420 g/mol. The molecule has 0 fully saturated rings. The summed E-state index contributed by atoms with van der Waals surface area (Å²) in [7, 11) is 1.48. The van der Waals surface area contributed by atoms with E-state index in [1.807, 2.05) is 6.92 Å². The molecular weight excluding hydrogens is 411 g/mol. The summed E-state index contributed by atoms with van der Waals surface area (Å²) in [6.45, 7) is 1.99. The van der Waals surface area contributed by atoms with E-state index in [9.17, 15) is 5.11 Å². The van der Waals surface area contributed by atoms with Gasteiger partial charge in [0.15, 0.2) is 17.3 Å². The molecule has 2 aromatic rings. The molecule has 0 aliphatic rings. The molecule has 1 heterocycles. The molecule has 0 saturated heterocycles. The third kappa shape index (κ3) is 2.92. The second kappa shape index (κ2) is 6.28. The number of aryl methyl sites for hydroxylation is 1. The van der Waals surface area contributed by atoms with Crippen LogP contribution in [0.15, 0.2) is 21.1 Å². The quantitative estimate of drug-likeness (QED) is 0.735. The number of aromatic hydroxyl groups is 1. The Bertz CT molecular complexity index is 608. The zero-order chi connectivity index (χ0) is 14.9. The molecule has 4 nitrogen and oxygen atoms in total. The van der Waals surface area contributed by atoms with Gasteiger partial charge in [0, 0.05) is 5.56 Å². The lowest BCUT2D eigenvalue weighted by molar-refractivity contribution is 0.372. The molecule has 0 atom stereocenters. The summed E-state index contributed by atoms with van der Waals surface area (Å²) in [5.41, 5.74) is 1.53. The Morgan fingerprint density at radius 1 is 1.30 bits per heavy atom. The lowest BCUT2D eigenvalue weighted by Gasteiger charge is -2.10. The minimum atomic E-state index is 0.0372. The van der Waals surface area contributed by atoms with Crippen LogP contribution in [0, 0.1) is 0 Å². The van der Waals surface area contributed by atoms with E-state index in [2.05, 4.69) is 41.8 Å². The number of methoxy groups -OCH3 is 1. The van der Waals surface area contributed by atoms with Gasteiger partial charge in [0.1, 0.15) is 5.15 Å². The topological polar surface area (TPSA) is 55.2 Å². The average molecular weight is 423 g/mol. The summed E-state index contributed by atoms with van der Waals surface area (Å²) in [5, 5.41) is 10.2. The zero-order valence-corrected chi connectivity index (χ0v) is 14.7. The SMILES string of the molecule is CCc1nc(-c2cc(Br)c(O)c(OC)c2)nc(Cl)c1Br. The van der Waals surface area contributed by atoms with Crippen molar-refractivity contribution in [2.24, 2.45) is 0 Å². The van der Waals surface area contributed by atoms with Gasteiger partial charge in [-0.2, -0.15) is 0 Å². The third-order valence-electron chi connectivity index (χ3n) is 2.72. The Morgan fingerprint density at radius 3 is 2.60 bits per heavy atom. The first-order valence-corrected chi connectivity index (χ1v) is 7.73. The first-order chi connectivity index (χ1) is 9.47. The standard InChI is InChI=1S/C13H11Br2ClN2O2/c1-3-8-10(15)12(16)18-13(17-8)6-4-7(14)11(19)9(5-6)20-2/h4-5,19H,3H2,1-2H3. The molecule has 0 unspecified atom stereocenters. The third-order valence-corrected chi connectivity index (χ3v) is 4.66. The number of aromatic nitrogens is 2. The maximum atomic E-state index is 9.82. The van der Waals surface area contributed by atoms with Gasteiger partial charge in [-0.15, -0.1) is 0 Å². The van der Waals surface area contributed by atoms with Crippen molar-refractivity contribution in [1.29, 1.82) is 0 Å². The highest BCUT2D eigenvalue weighted by Gasteiger charge is 2.15. The molecule has 1 aromatic carbocycles. The molecule has 0 radical (unpaired) electrons. The highest BCUT2D eigenvalue weighted by Crippen LogP contribution is 2.38. The summed E-state index contributed by atoms with van der Waals surface area (Å²) < 4.78 is 6.33. The fourth-order valence-corrected chi connectivity index (χ4v) is 2.77. The van der Waals surface area contributed by atoms with Gasteiger partial charge in [0.05, 0.1) is 21.7 Å². The van der Waals surface area contributed by atoms with Crippen LogP contribution in [0.3, 0.4) is 0 Å². The summed E-state index contributed by atoms with van der Waals surface area (Å²) in [4.78, 5) is 8.71. The zero-order valence-electron chi connectivity index (χ0n) is 10.7. The largest absolute Gasteiger partial charge is 0.503 e. The van der Waals surface area contributed by atoms with Crippen LogP contribution in [0.1, 0.15) is 12.6 Å². The number of hydrogen-bond acceptors (Lipinski definition) is 4. The number of nitrogens with zero attached hydrogens (tertiary/aromatic N) is 2. The summed E-state index contributed by atoms with van der Waals surface area (Å²) >= 11 is 12.7. The lowest BCUT2D eigenvalue weighted by atomic mass is 10.2. The van der Waals surface area contributed by atoms with Crippen LogP contribution in [-0.2, 0) is 6.42 Å². The van der Waals surface area contributed by atoms with Crippen LogP contribution in [0.2, 0.25) is 5.15 Å². The van der Waals surface area contributed by atoms with E-state index in [-0.39, 0.29) is 5.75 Å². The van der Waals surface area contributed by atoms with Gasteiger partial charge in [0.25, 0.3) is 0 Å². The Morgan fingerprint density at radius 2 is 2.00 bits per heavy atom. The molecule has 1 N–H and O–H groups in total. The highest BCUT2D eigenvalue weighted by molar-refractivity contribution is 9.11. The Kier molecular flexibility index (Phi) is 4.88. The van der Waals surface area contributed by atoms with Crippen LogP contribution in [-0.4, -0.2) is 22.2 Å². The van der Waals surface area contributed by atoms with Crippen LogP contribution in [0.4, 0.5) is 0 Å². The Labute approximate surface area is 138 Å². The molecule has 7 heteroatoms. The molecule has 0 bridgehead atoms. The van der Waals surface area contributed by atoms with E-state index in [4.69, 9.17) is 16.3 Å². The van der Waals surface area contributed by atoms with Crippen molar-refractivity contribution in [3.8, 4) is 22.9 Å². The van der Waals surface area contributed by atoms with Crippen LogP contribution in [0.25, 0.3) is 11.4 Å². The van der Waals surface area contributed by atoms with Gasteiger partial charge in [-0.3, -0.25) is 0 Å². The van der Waals surface area contributed by atoms with E-state index < -0.39 is 0 Å². The molecule has 0 aliphatic carbocycles. The fraction of sp³-hybridized carbons (Fsp3) is 0.231. The molecule has 20 heavy (non-hydrogen) atoms. The van der Waals surface area contributed by atoms with Gasteiger partial charge in [-0.1, -0.05) is 18.5 Å². The number of rotatable bonds is 3. The minimum Gasteiger partial charge on any atom is -0.503 e. The van der Waals surface area contributed by atoms with Crippen molar-refractivity contribution >= 4 is 43.5 Å². The van der Waals surface area contributed by atoms with Crippen LogP contribution in [0.5, 0.6) is 11.5 Å². The van der Waals surface area contributed by atoms with Gasteiger partial charge >= 0.3 is 0 Å². The molecule has 0 spiro atoms. The highest BCUT2D eigenvalue weighted by atomic mass is 79.9. The Hall–Kier alpha value is -0.850. The molecule has 0 amide bonds. The smallest absolute Gasteiger partial charge is 0.172 e. The van der Waals surface area contributed by atoms with Gasteiger partial charge in [-0.05, 0) is 50.4 Å². The minimum absolute atomic E-state index is 0.0372. The van der Waals surface area contributed by atoms with Crippen LogP contribution < -0.4 is 4.74 Å². The van der Waals surface area contributed by atoms with E-state index >= 15 is 0 Å². The van der Waals surface area contributed by atoms with Crippen molar-refractivity contribution in [2.75, 3.05) is 7.11 Å². The van der Waals surface area contributed by atoms with Crippen molar-refractivity contribution in [3.05, 3.63) is 31.9 Å². The number of phenols is 1. The van der Waals surface area contributed by atoms with E-state index in [1.165, 1.54) is 7.11 Å². The van der Waals surface area contributed by atoms with Crippen molar-refractivity contribution in [3.63, 3.8) is 0 Å². The average Bonchev–Trinajstić information content (AvgIpc) is 2.44. The van der Waals surface area contributed by atoms with E-state index in [1.54, 1.807) is 12.1 Å². The number of phenolic OH excluding ortho intramolecular Hbond substituents is 1. The second-order valence-electron chi connectivity index (χ2n) is 3.96. The molecule has 2 rings (SSSR count). The number of hydrogen-bond donors (Lipinski definition) is 1. The summed E-state index contributed by atoms with van der Waals surface area (Å²) in [6, 6.07) is 3.38. The second-order valence-corrected chi connectivity index (χ2v) is 5.97. The molecule has 1 aromatic heterocycles. The lowest BCUT2D eigenvalue weighted by Crippen LogP contribution is -1.98. The fourth-order valence-electron chi connectivity index (χ4n) is 1.68. The maximum absolute atomic E-state index is 9.82. The predicted molar refractivity (Wildman–Crippen MR) is 85.5 cm³/mol.